The Morgan fingerprint density at radius 3 is 1.86 bits per heavy atom. The lowest BCUT2D eigenvalue weighted by Crippen LogP contribution is -2.19. The van der Waals surface area contributed by atoms with Crippen molar-refractivity contribution in [3.63, 3.8) is 0 Å². The molecule has 6 heteroatoms. The quantitative estimate of drug-likeness (QED) is 0.521. The second kappa shape index (κ2) is 9.75. The Kier molecular flexibility index (Phi) is 6.62. The predicted octanol–water partition coefficient (Wildman–Crippen LogP) is 4.99. The zero-order valence-corrected chi connectivity index (χ0v) is 15.9. The second-order valence-electron chi connectivity index (χ2n) is 6.12. The molecule has 3 aromatic rings. The lowest BCUT2D eigenvalue weighted by Gasteiger charge is -2.08. The number of benzene rings is 3. The Hall–Kier alpha value is -4.06. The molecule has 0 saturated heterocycles. The molecule has 0 aliphatic carbocycles. The third-order valence-corrected chi connectivity index (χ3v) is 3.98. The van der Waals surface area contributed by atoms with Gasteiger partial charge in [-0.15, -0.1) is 0 Å². The maximum Gasteiger partial charge on any atom is 0.323 e. The topological polar surface area (TPSA) is 79.5 Å². The molecule has 0 fully saturated rings. The first-order valence-corrected chi connectivity index (χ1v) is 8.98. The molecule has 3 rings (SSSR count). The number of nitrogens with one attached hydrogen (secondary N) is 3. The van der Waals surface area contributed by atoms with Crippen LogP contribution in [0.1, 0.15) is 5.56 Å². The molecule has 29 heavy (non-hydrogen) atoms. The number of urea groups is 1. The molecule has 0 bridgehead atoms. The van der Waals surface area contributed by atoms with E-state index >= 15 is 0 Å². The summed E-state index contributed by atoms with van der Waals surface area (Å²) in [7, 11) is 1.61. The van der Waals surface area contributed by atoms with Gasteiger partial charge in [0.1, 0.15) is 5.75 Å². The van der Waals surface area contributed by atoms with Crippen molar-refractivity contribution in [2.45, 2.75) is 0 Å². The van der Waals surface area contributed by atoms with E-state index in [4.69, 9.17) is 4.74 Å². The van der Waals surface area contributed by atoms with Gasteiger partial charge in [-0.3, -0.25) is 4.79 Å². The number of carbonyl (C=O) groups is 2. The zero-order valence-electron chi connectivity index (χ0n) is 15.9. The van der Waals surface area contributed by atoms with Crippen LogP contribution in [0.4, 0.5) is 21.9 Å². The highest BCUT2D eigenvalue weighted by atomic mass is 16.5. The van der Waals surface area contributed by atoms with E-state index in [1.165, 1.54) is 6.08 Å². The highest BCUT2D eigenvalue weighted by Gasteiger charge is 2.03. The summed E-state index contributed by atoms with van der Waals surface area (Å²) in [6.07, 6.45) is 3.18. The Morgan fingerprint density at radius 1 is 0.724 bits per heavy atom. The number of methoxy groups -OCH3 is 1. The molecule has 3 amide bonds. The Labute approximate surface area is 169 Å². The van der Waals surface area contributed by atoms with Crippen molar-refractivity contribution >= 4 is 35.1 Å². The van der Waals surface area contributed by atoms with Gasteiger partial charge in [0, 0.05) is 23.1 Å². The van der Waals surface area contributed by atoms with Crippen LogP contribution in [0.5, 0.6) is 5.75 Å². The predicted molar refractivity (Wildman–Crippen MR) is 116 cm³/mol. The average Bonchev–Trinajstić information content (AvgIpc) is 2.75. The Balaban J connectivity index is 1.50. The number of ether oxygens (including phenoxy) is 1. The lowest BCUT2D eigenvalue weighted by molar-refractivity contribution is -0.111. The highest BCUT2D eigenvalue weighted by molar-refractivity contribution is 6.02. The lowest BCUT2D eigenvalue weighted by atomic mass is 10.2. The molecule has 3 N–H and O–H groups in total. The molecule has 146 valence electrons. The molecule has 0 atom stereocenters. The third kappa shape index (κ3) is 6.25. The van der Waals surface area contributed by atoms with Crippen molar-refractivity contribution in [3.8, 4) is 5.75 Å². The summed E-state index contributed by atoms with van der Waals surface area (Å²) in [5.74, 6) is 0.515. The summed E-state index contributed by atoms with van der Waals surface area (Å²) in [6.45, 7) is 0. The maximum absolute atomic E-state index is 12.1. The van der Waals surface area contributed by atoms with Gasteiger partial charge in [0.15, 0.2) is 0 Å². The number of para-hydroxylation sites is 1. The van der Waals surface area contributed by atoms with Crippen molar-refractivity contribution in [2.24, 2.45) is 0 Å². The van der Waals surface area contributed by atoms with Crippen molar-refractivity contribution < 1.29 is 14.3 Å². The molecule has 0 radical (unpaired) electrons. The number of carbonyl (C=O) groups excluding carboxylic acids is 2. The maximum atomic E-state index is 12.1. The molecule has 6 nitrogen and oxygen atoms in total. The van der Waals surface area contributed by atoms with Crippen LogP contribution >= 0.6 is 0 Å². The minimum atomic E-state index is -0.338. The normalized spacial score (nSPS) is 10.4. The summed E-state index contributed by atoms with van der Waals surface area (Å²) in [4.78, 5) is 24.1. The first kappa shape index (κ1) is 19.7. The Morgan fingerprint density at radius 2 is 1.28 bits per heavy atom. The van der Waals surface area contributed by atoms with Gasteiger partial charge < -0.3 is 20.7 Å². The fraction of sp³-hybridized carbons (Fsp3) is 0.0435. The van der Waals surface area contributed by atoms with Gasteiger partial charge in [0.2, 0.25) is 5.91 Å². The van der Waals surface area contributed by atoms with E-state index in [-0.39, 0.29) is 11.9 Å². The minimum Gasteiger partial charge on any atom is -0.497 e. The van der Waals surface area contributed by atoms with Crippen LogP contribution in [0.3, 0.4) is 0 Å². The summed E-state index contributed by atoms with van der Waals surface area (Å²) < 4.78 is 5.10. The summed E-state index contributed by atoms with van der Waals surface area (Å²) in [5, 5.41) is 8.26. The monoisotopic (exact) mass is 387 g/mol. The van der Waals surface area contributed by atoms with E-state index in [1.807, 2.05) is 42.5 Å². The van der Waals surface area contributed by atoms with E-state index in [0.717, 1.165) is 11.3 Å². The molecule has 0 saturated carbocycles. The number of rotatable bonds is 6. The van der Waals surface area contributed by atoms with E-state index in [2.05, 4.69) is 16.0 Å². The number of hydrogen-bond acceptors (Lipinski definition) is 3. The smallest absolute Gasteiger partial charge is 0.323 e. The van der Waals surface area contributed by atoms with Gasteiger partial charge in [-0.2, -0.15) is 0 Å². The third-order valence-electron chi connectivity index (χ3n) is 3.98. The van der Waals surface area contributed by atoms with E-state index in [9.17, 15) is 9.59 Å². The largest absolute Gasteiger partial charge is 0.497 e. The number of hydrogen-bond donors (Lipinski definition) is 3. The van der Waals surface area contributed by atoms with Crippen molar-refractivity contribution in [1.29, 1.82) is 0 Å². The van der Waals surface area contributed by atoms with Crippen LogP contribution in [0.15, 0.2) is 84.9 Å². The van der Waals surface area contributed by atoms with Gasteiger partial charge in [-0.25, -0.2) is 4.79 Å². The van der Waals surface area contributed by atoms with E-state index in [0.29, 0.717) is 17.1 Å². The molecule has 0 spiro atoms. The van der Waals surface area contributed by atoms with Crippen LogP contribution < -0.4 is 20.7 Å². The van der Waals surface area contributed by atoms with Crippen LogP contribution in [0.25, 0.3) is 6.08 Å². The fourth-order valence-electron chi connectivity index (χ4n) is 2.52. The van der Waals surface area contributed by atoms with Crippen molar-refractivity contribution in [1.82, 2.24) is 0 Å². The Bertz CT molecular complexity index is 982. The van der Waals surface area contributed by atoms with Gasteiger partial charge in [-0.1, -0.05) is 30.3 Å². The van der Waals surface area contributed by atoms with Gasteiger partial charge in [0.05, 0.1) is 7.11 Å². The standard InChI is InChI=1S/C23H21N3O3/c1-29-21-14-7-17(8-15-21)9-16-22(27)24-19-10-12-20(13-11-19)26-23(28)25-18-5-3-2-4-6-18/h2-16H,1H3,(H,24,27)(H2,25,26,28)/b16-9+. The van der Waals surface area contributed by atoms with Crippen molar-refractivity contribution in [2.75, 3.05) is 23.1 Å². The molecular formula is C23H21N3O3. The van der Waals surface area contributed by atoms with Crippen LogP contribution in [0, 0.1) is 0 Å². The van der Waals surface area contributed by atoms with Gasteiger partial charge >= 0.3 is 6.03 Å². The van der Waals surface area contributed by atoms with Crippen LogP contribution in [-0.2, 0) is 4.79 Å². The number of anilines is 3. The molecule has 0 aliphatic heterocycles. The fourth-order valence-corrected chi connectivity index (χ4v) is 2.52. The molecule has 3 aromatic carbocycles. The second-order valence-corrected chi connectivity index (χ2v) is 6.12. The summed E-state index contributed by atoms with van der Waals surface area (Å²) >= 11 is 0. The first-order chi connectivity index (χ1) is 14.1. The van der Waals surface area contributed by atoms with Gasteiger partial charge in [0.25, 0.3) is 0 Å². The number of amides is 3. The van der Waals surface area contributed by atoms with E-state index < -0.39 is 0 Å². The average molecular weight is 387 g/mol. The zero-order chi connectivity index (χ0) is 20.5. The first-order valence-electron chi connectivity index (χ1n) is 8.98. The molecular weight excluding hydrogens is 366 g/mol. The molecule has 0 aliphatic rings. The van der Waals surface area contributed by atoms with E-state index in [1.54, 1.807) is 49.6 Å². The van der Waals surface area contributed by atoms with Crippen LogP contribution in [-0.4, -0.2) is 19.0 Å². The van der Waals surface area contributed by atoms with Crippen LogP contribution in [0.2, 0.25) is 0 Å². The molecule has 0 heterocycles. The SMILES string of the molecule is COc1ccc(/C=C/C(=O)Nc2ccc(NC(=O)Nc3ccccc3)cc2)cc1. The van der Waals surface area contributed by atoms with Gasteiger partial charge in [-0.05, 0) is 60.2 Å². The highest BCUT2D eigenvalue weighted by Crippen LogP contribution is 2.15. The summed E-state index contributed by atoms with van der Waals surface area (Å²) in [5.41, 5.74) is 2.84. The molecule has 0 aromatic heterocycles. The molecule has 0 unspecified atom stereocenters. The van der Waals surface area contributed by atoms with Crippen molar-refractivity contribution in [3.05, 3.63) is 90.5 Å². The summed E-state index contributed by atoms with van der Waals surface area (Å²) in [6, 6.07) is 23.1. The minimum absolute atomic E-state index is 0.247.